The van der Waals surface area contributed by atoms with Crippen LogP contribution in [0, 0.1) is 0 Å². The molecule has 65 heavy (non-hydrogen) atoms. The fourth-order valence-electron chi connectivity index (χ4n) is 9.18. The molecule has 0 spiro atoms. The van der Waals surface area contributed by atoms with Gasteiger partial charge in [-0.3, -0.25) is 4.79 Å². The molecule has 0 radical (unpaired) electrons. The number of hydrogen-bond donors (Lipinski definition) is 3. The summed E-state index contributed by atoms with van der Waals surface area (Å²) in [5.74, 6) is -0.0259. The van der Waals surface area contributed by atoms with E-state index in [-0.39, 0.29) is 12.5 Å². The average Bonchev–Trinajstić information content (AvgIpc) is 3.31. The first kappa shape index (κ1) is 63.4. The SMILES string of the molecule is CC/C=C\C/C=C\C/C=C\C/C=C\CCCCCCCCCCCCCCCCCCCCCCCCCCCCC(=O)NC(CO)C(O)CCCCCCCCCCCCCCCC. The maximum Gasteiger partial charge on any atom is 0.220 e. The molecule has 0 aliphatic rings. The molecule has 0 heterocycles. The summed E-state index contributed by atoms with van der Waals surface area (Å²) in [5, 5.41) is 23.3. The van der Waals surface area contributed by atoms with E-state index in [0.717, 1.165) is 51.4 Å². The Morgan fingerprint density at radius 3 is 1.02 bits per heavy atom. The summed E-state index contributed by atoms with van der Waals surface area (Å²) in [6.07, 6.45) is 78.4. The second kappa shape index (κ2) is 56.7. The Labute approximate surface area is 407 Å². The zero-order valence-electron chi connectivity index (χ0n) is 44.0. The lowest BCUT2D eigenvalue weighted by Crippen LogP contribution is -2.45. The summed E-state index contributed by atoms with van der Waals surface area (Å²) < 4.78 is 0. The zero-order valence-corrected chi connectivity index (χ0v) is 44.0. The van der Waals surface area contributed by atoms with Crippen LogP contribution in [-0.4, -0.2) is 34.9 Å². The maximum absolute atomic E-state index is 12.5. The van der Waals surface area contributed by atoms with Crippen molar-refractivity contribution in [3.8, 4) is 0 Å². The summed E-state index contributed by atoms with van der Waals surface area (Å²) in [4.78, 5) is 12.5. The van der Waals surface area contributed by atoms with Crippen molar-refractivity contribution in [3.63, 3.8) is 0 Å². The van der Waals surface area contributed by atoms with Gasteiger partial charge in [-0.1, -0.05) is 306 Å². The molecular formula is C61H115NO3. The Balaban J connectivity index is 3.36. The van der Waals surface area contributed by atoms with Crippen molar-refractivity contribution in [2.45, 2.75) is 328 Å². The summed E-state index contributed by atoms with van der Waals surface area (Å²) in [7, 11) is 0. The molecule has 0 rings (SSSR count). The van der Waals surface area contributed by atoms with Gasteiger partial charge < -0.3 is 15.5 Å². The normalized spacial score (nSPS) is 13.1. The first-order chi connectivity index (χ1) is 32.2. The number of carbonyl (C=O) groups excluding carboxylic acids is 1. The smallest absolute Gasteiger partial charge is 0.220 e. The number of amides is 1. The monoisotopic (exact) mass is 910 g/mol. The van der Waals surface area contributed by atoms with Gasteiger partial charge in [-0.15, -0.1) is 0 Å². The molecule has 0 saturated heterocycles. The molecule has 0 aliphatic heterocycles. The van der Waals surface area contributed by atoms with E-state index in [1.165, 1.54) is 238 Å². The molecule has 0 saturated carbocycles. The number of hydrogen-bond acceptors (Lipinski definition) is 3. The summed E-state index contributed by atoms with van der Waals surface area (Å²) in [5.41, 5.74) is 0. The van der Waals surface area contributed by atoms with Crippen molar-refractivity contribution in [1.82, 2.24) is 5.32 Å². The highest BCUT2D eigenvalue weighted by Crippen LogP contribution is 2.18. The van der Waals surface area contributed by atoms with Crippen LogP contribution in [0.15, 0.2) is 48.6 Å². The topological polar surface area (TPSA) is 69.6 Å². The van der Waals surface area contributed by atoms with E-state index in [0.29, 0.717) is 12.8 Å². The molecule has 0 aromatic heterocycles. The highest BCUT2D eigenvalue weighted by molar-refractivity contribution is 5.76. The molecule has 0 aromatic carbocycles. The molecule has 3 N–H and O–H groups in total. The second-order valence-corrected chi connectivity index (χ2v) is 20.0. The lowest BCUT2D eigenvalue weighted by molar-refractivity contribution is -0.123. The first-order valence-corrected chi connectivity index (χ1v) is 29.3. The van der Waals surface area contributed by atoms with Crippen molar-refractivity contribution in [2.75, 3.05) is 6.61 Å². The lowest BCUT2D eigenvalue weighted by Gasteiger charge is -2.22. The standard InChI is InChI=1S/C61H115NO3/c1-3-5-7-9-11-13-15-17-19-20-21-22-23-24-25-26-27-28-29-30-31-32-33-34-35-36-37-38-39-40-41-42-43-45-47-49-51-53-55-57-61(65)62-59(58-63)60(64)56-54-52-50-48-46-44-18-16-14-12-10-8-6-4-2/h5,7,11,13,17,19,21-22,59-60,63-64H,3-4,6,8-10,12,14-16,18,20,23-58H2,1-2H3,(H,62,65)/b7-5-,13-11-,19-17-,22-21-. The van der Waals surface area contributed by atoms with Gasteiger partial charge >= 0.3 is 0 Å². The molecule has 382 valence electrons. The highest BCUT2D eigenvalue weighted by atomic mass is 16.3. The largest absolute Gasteiger partial charge is 0.394 e. The van der Waals surface area contributed by atoms with E-state index in [4.69, 9.17) is 0 Å². The second-order valence-electron chi connectivity index (χ2n) is 20.0. The number of aliphatic hydroxyl groups excluding tert-OH is 2. The molecule has 2 unspecified atom stereocenters. The third-order valence-corrected chi connectivity index (χ3v) is 13.6. The Hall–Kier alpha value is -1.65. The van der Waals surface area contributed by atoms with E-state index in [2.05, 4.69) is 67.8 Å². The Kier molecular flexibility index (Phi) is 55.2. The molecule has 4 heteroatoms. The van der Waals surface area contributed by atoms with Crippen LogP contribution in [0.1, 0.15) is 316 Å². The average molecular weight is 911 g/mol. The van der Waals surface area contributed by atoms with Crippen LogP contribution in [0.3, 0.4) is 0 Å². The van der Waals surface area contributed by atoms with E-state index in [1.54, 1.807) is 0 Å². The zero-order chi connectivity index (χ0) is 47.0. The predicted molar refractivity (Wildman–Crippen MR) is 290 cm³/mol. The van der Waals surface area contributed by atoms with Crippen LogP contribution in [0.5, 0.6) is 0 Å². The fraction of sp³-hybridized carbons (Fsp3) is 0.852. The quantitative estimate of drug-likeness (QED) is 0.0421. The van der Waals surface area contributed by atoms with Crippen LogP contribution in [0.2, 0.25) is 0 Å². The van der Waals surface area contributed by atoms with Crippen LogP contribution in [-0.2, 0) is 4.79 Å². The number of nitrogens with one attached hydrogen (secondary N) is 1. The molecular weight excluding hydrogens is 795 g/mol. The molecule has 0 fully saturated rings. The van der Waals surface area contributed by atoms with Crippen molar-refractivity contribution >= 4 is 5.91 Å². The van der Waals surface area contributed by atoms with Gasteiger partial charge in [0.1, 0.15) is 0 Å². The molecule has 2 atom stereocenters. The Morgan fingerprint density at radius 1 is 0.385 bits per heavy atom. The summed E-state index contributed by atoms with van der Waals surface area (Å²) >= 11 is 0. The van der Waals surface area contributed by atoms with Gasteiger partial charge in [-0.2, -0.15) is 0 Å². The number of carbonyl (C=O) groups is 1. The van der Waals surface area contributed by atoms with Gasteiger partial charge in [0.2, 0.25) is 5.91 Å². The molecule has 0 aromatic rings. The summed E-state index contributed by atoms with van der Waals surface area (Å²) in [6, 6.07) is -0.533. The molecule has 1 amide bonds. The van der Waals surface area contributed by atoms with Gasteiger partial charge in [-0.05, 0) is 51.4 Å². The van der Waals surface area contributed by atoms with E-state index in [1.807, 2.05) is 0 Å². The number of rotatable bonds is 54. The fourth-order valence-corrected chi connectivity index (χ4v) is 9.18. The number of aliphatic hydroxyl groups is 2. The van der Waals surface area contributed by atoms with Crippen LogP contribution >= 0.6 is 0 Å². The number of allylic oxidation sites excluding steroid dienone is 8. The van der Waals surface area contributed by atoms with Crippen LogP contribution in [0.25, 0.3) is 0 Å². The van der Waals surface area contributed by atoms with Crippen molar-refractivity contribution < 1.29 is 15.0 Å². The Bertz CT molecular complexity index is 1030. The van der Waals surface area contributed by atoms with Crippen LogP contribution < -0.4 is 5.32 Å². The Morgan fingerprint density at radius 2 is 0.677 bits per heavy atom. The first-order valence-electron chi connectivity index (χ1n) is 29.3. The third-order valence-electron chi connectivity index (χ3n) is 13.6. The summed E-state index contributed by atoms with van der Waals surface area (Å²) in [6.45, 7) is 4.27. The predicted octanol–water partition coefficient (Wildman–Crippen LogP) is 19.4. The van der Waals surface area contributed by atoms with Gasteiger partial charge in [0, 0.05) is 6.42 Å². The van der Waals surface area contributed by atoms with E-state index in [9.17, 15) is 15.0 Å². The van der Waals surface area contributed by atoms with Crippen molar-refractivity contribution in [1.29, 1.82) is 0 Å². The highest BCUT2D eigenvalue weighted by Gasteiger charge is 2.20. The maximum atomic E-state index is 12.5. The lowest BCUT2D eigenvalue weighted by atomic mass is 10.0. The van der Waals surface area contributed by atoms with Gasteiger partial charge in [0.25, 0.3) is 0 Å². The minimum atomic E-state index is -0.657. The van der Waals surface area contributed by atoms with Gasteiger partial charge in [0.15, 0.2) is 0 Å². The van der Waals surface area contributed by atoms with Gasteiger partial charge in [-0.25, -0.2) is 0 Å². The van der Waals surface area contributed by atoms with Crippen molar-refractivity contribution in [2.24, 2.45) is 0 Å². The third kappa shape index (κ3) is 53.2. The molecule has 4 nitrogen and oxygen atoms in total. The van der Waals surface area contributed by atoms with Gasteiger partial charge in [0.05, 0.1) is 18.8 Å². The van der Waals surface area contributed by atoms with Crippen LogP contribution in [0.4, 0.5) is 0 Å². The van der Waals surface area contributed by atoms with Crippen molar-refractivity contribution in [3.05, 3.63) is 48.6 Å². The van der Waals surface area contributed by atoms with E-state index < -0.39 is 12.1 Å². The number of unbranched alkanes of at least 4 members (excludes halogenated alkanes) is 39. The van der Waals surface area contributed by atoms with E-state index >= 15 is 0 Å². The minimum absolute atomic E-state index is 0.0259. The molecule has 0 aliphatic carbocycles. The molecule has 0 bridgehead atoms. The minimum Gasteiger partial charge on any atom is -0.394 e.